The van der Waals surface area contributed by atoms with Gasteiger partial charge in [0.15, 0.2) is 0 Å². The Morgan fingerprint density at radius 3 is 1.49 bits per heavy atom. The highest BCUT2D eigenvalue weighted by atomic mass is 15.1. The quantitative estimate of drug-likeness (QED) is 0.155. The molecule has 0 unspecified atom stereocenters. The molecule has 9 aromatic rings. The predicted molar refractivity (Wildman–Crippen MR) is 226 cm³/mol. The van der Waals surface area contributed by atoms with Crippen molar-refractivity contribution in [3.63, 3.8) is 0 Å². The standard InChI is InChI=1S/C52H37N/c1-3-18-38(19-4-1)41-24-16-27-44(37-41)53(52-35-14-12-32-50(52)49-31-10-9-29-46(49)39-20-5-2-6-21-39)51-34-13-11-30-48(51)43-26-15-25-42(36-43)47-33-17-23-40-22-7-8-28-45(40)47/h1-37H. The molecule has 9 aromatic carbocycles. The second-order valence-corrected chi connectivity index (χ2v) is 13.3. The molecule has 1 nitrogen and oxygen atoms in total. The predicted octanol–water partition coefficient (Wildman–Crippen LogP) is 14.6. The molecule has 250 valence electrons. The summed E-state index contributed by atoms with van der Waals surface area (Å²) in [7, 11) is 0. The lowest BCUT2D eigenvalue weighted by molar-refractivity contribution is 1.28. The molecule has 1 heteroatoms. The Balaban J connectivity index is 1.26. The van der Waals surface area contributed by atoms with E-state index in [9.17, 15) is 0 Å². The molecule has 53 heavy (non-hydrogen) atoms. The molecule has 0 N–H and O–H groups in total. The number of anilines is 3. The van der Waals surface area contributed by atoms with E-state index in [1.54, 1.807) is 0 Å². The lowest BCUT2D eigenvalue weighted by atomic mass is 9.92. The van der Waals surface area contributed by atoms with Crippen molar-refractivity contribution in [2.45, 2.75) is 0 Å². The second kappa shape index (κ2) is 14.3. The first-order valence-corrected chi connectivity index (χ1v) is 18.2. The molecule has 0 spiro atoms. The Morgan fingerprint density at radius 2 is 0.717 bits per heavy atom. The molecule has 0 atom stereocenters. The number of fused-ring (bicyclic) bond motifs is 1. The minimum atomic E-state index is 1.09. The summed E-state index contributed by atoms with van der Waals surface area (Å²) < 4.78 is 0. The van der Waals surface area contributed by atoms with Crippen LogP contribution >= 0.6 is 0 Å². The summed E-state index contributed by atoms with van der Waals surface area (Å²) in [5.41, 5.74) is 15.2. The molecule has 0 amide bonds. The van der Waals surface area contributed by atoms with E-state index in [1.807, 2.05) is 0 Å². The van der Waals surface area contributed by atoms with Gasteiger partial charge in [0.1, 0.15) is 0 Å². The van der Waals surface area contributed by atoms with Gasteiger partial charge in [0.2, 0.25) is 0 Å². The van der Waals surface area contributed by atoms with Crippen LogP contribution < -0.4 is 4.90 Å². The highest BCUT2D eigenvalue weighted by Gasteiger charge is 2.22. The smallest absolute Gasteiger partial charge is 0.0540 e. The van der Waals surface area contributed by atoms with E-state index in [1.165, 1.54) is 49.7 Å². The molecular weight excluding hydrogens is 639 g/mol. The SMILES string of the molecule is c1ccc(-c2cccc(N(c3ccccc3-c3cccc(-c4cccc5ccccc45)c3)c3ccccc3-c3ccccc3-c3ccccc3)c2)cc1. The van der Waals surface area contributed by atoms with Crippen molar-refractivity contribution in [1.82, 2.24) is 0 Å². The van der Waals surface area contributed by atoms with Crippen molar-refractivity contribution >= 4 is 27.8 Å². The lowest BCUT2D eigenvalue weighted by Crippen LogP contribution is -2.12. The average molecular weight is 676 g/mol. The summed E-state index contributed by atoms with van der Waals surface area (Å²) in [6.45, 7) is 0. The van der Waals surface area contributed by atoms with Gasteiger partial charge < -0.3 is 4.90 Å². The Hall–Kier alpha value is -6.96. The number of benzene rings is 9. The van der Waals surface area contributed by atoms with Crippen LogP contribution in [0.25, 0.3) is 66.4 Å². The van der Waals surface area contributed by atoms with Gasteiger partial charge in [-0.3, -0.25) is 0 Å². The molecular formula is C52H37N. The van der Waals surface area contributed by atoms with Crippen LogP contribution in [0.1, 0.15) is 0 Å². The van der Waals surface area contributed by atoms with E-state index < -0.39 is 0 Å². The van der Waals surface area contributed by atoms with Crippen LogP contribution in [0.4, 0.5) is 17.1 Å². The highest BCUT2D eigenvalue weighted by Crippen LogP contribution is 2.47. The molecule has 0 saturated heterocycles. The molecule has 0 heterocycles. The molecule has 0 saturated carbocycles. The summed E-state index contributed by atoms with van der Waals surface area (Å²) >= 11 is 0. The maximum atomic E-state index is 2.45. The largest absolute Gasteiger partial charge is 0.309 e. The second-order valence-electron chi connectivity index (χ2n) is 13.3. The van der Waals surface area contributed by atoms with Crippen molar-refractivity contribution < 1.29 is 0 Å². The number of rotatable bonds is 8. The monoisotopic (exact) mass is 675 g/mol. The van der Waals surface area contributed by atoms with Gasteiger partial charge in [0.25, 0.3) is 0 Å². The van der Waals surface area contributed by atoms with E-state index in [2.05, 4.69) is 229 Å². The van der Waals surface area contributed by atoms with Gasteiger partial charge in [-0.05, 0) is 85.6 Å². The highest BCUT2D eigenvalue weighted by molar-refractivity contribution is 5.99. The number of nitrogens with zero attached hydrogens (tertiary/aromatic N) is 1. The zero-order chi connectivity index (χ0) is 35.4. The fraction of sp³-hybridized carbons (Fsp3) is 0. The van der Waals surface area contributed by atoms with Crippen LogP contribution in [0.2, 0.25) is 0 Å². The summed E-state index contributed by atoms with van der Waals surface area (Å²) in [5.74, 6) is 0. The van der Waals surface area contributed by atoms with Gasteiger partial charge in [0, 0.05) is 16.8 Å². The summed E-state index contributed by atoms with van der Waals surface area (Å²) in [5, 5.41) is 2.50. The fourth-order valence-corrected chi connectivity index (χ4v) is 7.59. The Bertz CT molecular complexity index is 2670. The van der Waals surface area contributed by atoms with Crippen molar-refractivity contribution in [3.8, 4) is 55.6 Å². The Labute approximate surface area is 311 Å². The first-order chi connectivity index (χ1) is 26.3. The van der Waals surface area contributed by atoms with Gasteiger partial charge in [-0.2, -0.15) is 0 Å². The zero-order valence-corrected chi connectivity index (χ0v) is 29.3. The van der Waals surface area contributed by atoms with E-state index >= 15 is 0 Å². The maximum absolute atomic E-state index is 2.45. The van der Waals surface area contributed by atoms with Crippen LogP contribution in [0.5, 0.6) is 0 Å². The van der Waals surface area contributed by atoms with E-state index in [0.717, 1.165) is 33.8 Å². The molecule has 0 aliphatic rings. The molecule has 0 radical (unpaired) electrons. The number of hydrogen-bond acceptors (Lipinski definition) is 1. The van der Waals surface area contributed by atoms with Gasteiger partial charge in [-0.15, -0.1) is 0 Å². The third kappa shape index (κ3) is 6.30. The zero-order valence-electron chi connectivity index (χ0n) is 29.3. The third-order valence-electron chi connectivity index (χ3n) is 10.1. The summed E-state index contributed by atoms with van der Waals surface area (Å²) in [4.78, 5) is 2.45. The summed E-state index contributed by atoms with van der Waals surface area (Å²) in [6.07, 6.45) is 0. The van der Waals surface area contributed by atoms with Crippen LogP contribution in [0.3, 0.4) is 0 Å². The van der Waals surface area contributed by atoms with Crippen LogP contribution in [-0.2, 0) is 0 Å². The van der Waals surface area contributed by atoms with Gasteiger partial charge in [0.05, 0.1) is 11.4 Å². The van der Waals surface area contributed by atoms with Gasteiger partial charge in [-0.1, -0.05) is 194 Å². The Kier molecular flexibility index (Phi) is 8.66. The average Bonchev–Trinajstić information content (AvgIpc) is 3.25. The van der Waals surface area contributed by atoms with Crippen molar-refractivity contribution in [1.29, 1.82) is 0 Å². The number of hydrogen-bond donors (Lipinski definition) is 0. The van der Waals surface area contributed by atoms with Crippen LogP contribution in [0.15, 0.2) is 224 Å². The van der Waals surface area contributed by atoms with Crippen molar-refractivity contribution in [2.75, 3.05) is 4.90 Å². The van der Waals surface area contributed by atoms with E-state index in [-0.39, 0.29) is 0 Å². The van der Waals surface area contributed by atoms with E-state index in [0.29, 0.717) is 0 Å². The van der Waals surface area contributed by atoms with Crippen molar-refractivity contribution in [2.24, 2.45) is 0 Å². The molecule has 0 bridgehead atoms. The first kappa shape index (κ1) is 32.0. The van der Waals surface area contributed by atoms with Gasteiger partial charge >= 0.3 is 0 Å². The van der Waals surface area contributed by atoms with E-state index in [4.69, 9.17) is 0 Å². The first-order valence-electron chi connectivity index (χ1n) is 18.2. The van der Waals surface area contributed by atoms with Crippen LogP contribution in [0, 0.1) is 0 Å². The van der Waals surface area contributed by atoms with Gasteiger partial charge in [-0.25, -0.2) is 0 Å². The number of para-hydroxylation sites is 2. The molecule has 0 fully saturated rings. The topological polar surface area (TPSA) is 3.24 Å². The minimum Gasteiger partial charge on any atom is -0.309 e. The van der Waals surface area contributed by atoms with Crippen molar-refractivity contribution in [3.05, 3.63) is 224 Å². The third-order valence-corrected chi connectivity index (χ3v) is 10.1. The molecule has 0 aliphatic carbocycles. The maximum Gasteiger partial charge on any atom is 0.0540 e. The normalized spacial score (nSPS) is 11.0. The molecule has 0 aromatic heterocycles. The Morgan fingerprint density at radius 1 is 0.245 bits per heavy atom. The molecule has 0 aliphatic heterocycles. The minimum absolute atomic E-state index is 1.09. The molecule has 9 rings (SSSR count). The fourth-order valence-electron chi connectivity index (χ4n) is 7.59. The van der Waals surface area contributed by atoms with Crippen LogP contribution in [-0.4, -0.2) is 0 Å². The summed E-state index contributed by atoms with van der Waals surface area (Å²) in [6, 6.07) is 80.9. The lowest BCUT2D eigenvalue weighted by Gasteiger charge is -2.30.